The van der Waals surface area contributed by atoms with E-state index in [9.17, 15) is 0 Å². The van der Waals surface area contributed by atoms with Crippen LogP contribution in [-0.2, 0) is 13.1 Å². The first-order chi connectivity index (χ1) is 9.63. The van der Waals surface area contributed by atoms with Crippen molar-refractivity contribution in [2.45, 2.75) is 45.8 Å². The topological polar surface area (TPSA) is 32.5 Å². The average Bonchev–Trinajstić information content (AvgIpc) is 2.62. The van der Waals surface area contributed by atoms with E-state index in [1.54, 1.807) is 0 Å². The second-order valence-electron chi connectivity index (χ2n) is 6.11. The maximum atomic E-state index is 5.72. The van der Waals surface area contributed by atoms with Gasteiger partial charge in [0.2, 0.25) is 0 Å². The van der Waals surface area contributed by atoms with Crippen molar-refractivity contribution in [1.29, 1.82) is 0 Å². The molecule has 1 saturated heterocycles. The average molecular weight is 275 g/mol. The number of hydrogen-bond donors (Lipinski definition) is 1. The Bertz CT molecular complexity index is 430. The van der Waals surface area contributed by atoms with E-state index in [4.69, 9.17) is 5.73 Å². The number of nitrogens with zero attached hydrogens (tertiary/aromatic N) is 2. The first kappa shape index (κ1) is 15.5. The minimum absolute atomic E-state index is 0.632. The summed E-state index contributed by atoms with van der Waals surface area (Å²) in [4.78, 5) is 5.13. The zero-order chi connectivity index (χ0) is 14.5. The van der Waals surface area contributed by atoms with E-state index in [2.05, 4.69) is 48.9 Å². The fraction of sp³-hybridized carbons (Fsp3) is 0.647. The van der Waals surface area contributed by atoms with E-state index in [1.165, 1.54) is 49.2 Å². The van der Waals surface area contributed by atoms with Crippen LogP contribution < -0.4 is 5.73 Å². The van der Waals surface area contributed by atoms with Crippen molar-refractivity contribution < 1.29 is 0 Å². The highest BCUT2D eigenvalue weighted by Crippen LogP contribution is 2.18. The van der Waals surface area contributed by atoms with Crippen molar-refractivity contribution in [3.05, 3.63) is 34.9 Å². The number of aryl methyl sites for hydroxylation is 1. The molecule has 1 aromatic rings. The van der Waals surface area contributed by atoms with Crippen LogP contribution in [0.3, 0.4) is 0 Å². The molecule has 2 rings (SSSR count). The summed E-state index contributed by atoms with van der Waals surface area (Å²) in [5.74, 6) is 0. The Labute approximate surface area is 123 Å². The molecule has 0 aliphatic carbocycles. The Morgan fingerprint density at radius 1 is 1.30 bits per heavy atom. The van der Waals surface area contributed by atoms with E-state index in [0.717, 1.165) is 6.54 Å². The predicted molar refractivity (Wildman–Crippen MR) is 85.7 cm³/mol. The molecule has 1 aliphatic heterocycles. The van der Waals surface area contributed by atoms with Gasteiger partial charge in [-0.05, 0) is 50.0 Å². The van der Waals surface area contributed by atoms with Crippen molar-refractivity contribution in [1.82, 2.24) is 9.80 Å². The molecule has 0 radical (unpaired) electrons. The third-order valence-corrected chi connectivity index (χ3v) is 4.51. The molecule has 3 nitrogen and oxygen atoms in total. The minimum atomic E-state index is 0.632. The van der Waals surface area contributed by atoms with Crippen LogP contribution in [0.2, 0.25) is 0 Å². The Kier molecular flexibility index (Phi) is 5.58. The molecule has 0 amide bonds. The summed E-state index contributed by atoms with van der Waals surface area (Å²) in [6.07, 6.45) is 2.50. The zero-order valence-electron chi connectivity index (χ0n) is 13.2. The smallest absolute Gasteiger partial charge is 0.0239 e. The second-order valence-corrected chi connectivity index (χ2v) is 6.11. The summed E-state index contributed by atoms with van der Waals surface area (Å²) in [6.45, 7) is 9.84. The standard InChI is InChI=1S/C17H29N3/c1-4-17-13-19(3)8-5-9-20(17)12-16-7-6-15(11-18)10-14(16)2/h6-7,10,17H,4-5,8-9,11-13,18H2,1-3H3. The van der Waals surface area contributed by atoms with Crippen LogP contribution in [0.15, 0.2) is 18.2 Å². The minimum Gasteiger partial charge on any atom is -0.326 e. The molecular formula is C17H29N3. The largest absolute Gasteiger partial charge is 0.326 e. The third kappa shape index (κ3) is 3.81. The molecule has 1 heterocycles. The molecule has 0 saturated carbocycles. The number of hydrogen-bond acceptors (Lipinski definition) is 3. The van der Waals surface area contributed by atoms with Crippen LogP contribution in [0, 0.1) is 6.92 Å². The highest BCUT2D eigenvalue weighted by molar-refractivity contribution is 5.31. The maximum absolute atomic E-state index is 5.72. The van der Waals surface area contributed by atoms with Gasteiger partial charge in [0, 0.05) is 32.2 Å². The molecule has 112 valence electrons. The van der Waals surface area contributed by atoms with Gasteiger partial charge >= 0.3 is 0 Å². The third-order valence-electron chi connectivity index (χ3n) is 4.51. The number of likely N-dealkylation sites (N-methyl/N-ethyl adjacent to an activating group) is 1. The van der Waals surface area contributed by atoms with Crippen molar-refractivity contribution >= 4 is 0 Å². The molecule has 1 unspecified atom stereocenters. The number of nitrogens with two attached hydrogens (primary N) is 1. The predicted octanol–water partition coefficient (Wildman–Crippen LogP) is 2.37. The summed E-state index contributed by atoms with van der Waals surface area (Å²) >= 11 is 0. The summed E-state index contributed by atoms with van der Waals surface area (Å²) in [6, 6.07) is 7.35. The van der Waals surface area contributed by atoms with Gasteiger partial charge in [-0.15, -0.1) is 0 Å². The molecule has 1 atom stereocenters. The van der Waals surface area contributed by atoms with Gasteiger partial charge in [-0.25, -0.2) is 0 Å². The molecule has 3 heteroatoms. The second kappa shape index (κ2) is 7.21. The first-order valence-electron chi connectivity index (χ1n) is 7.85. The summed E-state index contributed by atoms with van der Waals surface area (Å²) < 4.78 is 0. The molecular weight excluding hydrogens is 246 g/mol. The van der Waals surface area contributed by atoms with Crippen LogP contribution in [0.25, 0.3) is 0 Å². The van der Waals surface area contributed by atoms with Crippen LogP contribution in [0.5, 0.6) is 0 Å². The van der Waals surface area contributed by atoms with Crippen LogP contribution in [0.1, 0.15) is 36.5 Å². The van der Waals surface area contributed by atoms with E-state index in [1.807, 2.05) is 0 Å². The fourth-order valence-electron chi connectivity index (χ4n) is 3.17. The highest BCUT2D eigenvalue weighted by atomic mass is 15.2. The van der Waals surface area contributed by atoms with Gasteiger partial charge in [0.05, 0.1) is 0 Å². The van der Waals surface area contributed by atoms with Gasteiger partial charge in [0.15, 0.2) is 0 Å². The molecule has 0 aromatic heterocycles. The quantitative estimate of drug-likeness (QED) is 0.915. The van der Waals surface area contributed by atoms with Gasteiger partial charge in [-0.3, -0.25) is 4.90 Å². The monoisotopic (exact) mass is 275 g/mol. The zero-order valence-corrected chi connectivity index (χ0v) is 13.2. The van der Waals surface area contributed by atoms with Gasteiger partial charge in [-0.1, -0.05) is 25.1 Å². The van der Waals surface area contributed by atoms with Crippen molar-refractivity contribution in [3.63, 3.8) is 0 Å². The lowest BCUT2D eigenvalue weighted by Gasteiger charge is -2.30. The molecule has 2 N–H and O–H groups in total. The van der Waals surface area contributed by atoms with E-state index in [0.29, 0.717) is 12.6 Å². The summed E-state index contributed by atoms with van der Waals surface area (Å²) in [5, 5.41) is 0. The molecule has 1 fully saturated rings. The molecule has 0 bridgehead atoms. The lowest BCUT2D eigenvalue weighted by atomic mass is 10.0. The van der Waals surface area contributed by atoms with Crippen LogP contribution in [-0.4, -0.2) is 42.5 Å². The normalized spacial score (nSPS) is 21.9. The number of rotatable bonds is 4. The van der Waals surface area contributed by atoms with Crippen molar-refractivity contribution in [2.24, 2.45) is 5.73 Å². The lowest BCUT2D eigenvalue weighted by molar-refractivity contribution is 0.175. The Morgan fingerprint density at radius 2 is 2.10 bits per heavy atom. The maximum Gasteiger partial charge on any atom is 0.0239 e. The molecule has 0 spiro atoms. The highest BCUT2D eigenvalue weighted by Gasteiger charge is 2.22. The van der Waals surface area contributed by atoms with Crippen molar-refractivity contribution in [3.8, 4) is 0 Å². The summed E-state index contributed by atoms with van der Waals surface area (Å²) in [5.41, 5.74) is 9.77. The molecule has 1 aromatic carbocycles. The SMILES string of the molecule is CCC1CN(C)CCCN1Cc1ccc(CN)cc1C. The van der Waals surface area contributed by atoms with E-state index < -0.39 is 0 Å². The van der Waals surface area contributed by atoms with Crippen LogP contribution in [0.4, 0.5) is 0 Å². The van der Waals surface area contributed by atoms with E-state index >= 15 is 0 Å². The molecule has 1 aliphatic rings. The number of benzene rings is 1. The van der Waals surface area contributed by atoms with Crippen molar-refractivity contribution in [2.75, 3.05) is 26.7 Å². The van der Waals surface area contributed by atoms with E-state index in [-0.39, 0.29) is 0 Å². The Morgan fingerprint density at radius 3 is 2.75 bits per heavy atom. The summed E-state index contributed by atoms with van der Waals surface area (Å²) in [7, 11) is 2.24. The lowest BCUT2D eigenvalue weighted by Crippen LogP contribution is -2.39. The molecule has 20 heavy (non-hydrogen) atoms. The first-order valence-corrected chi connectivity index (χ1v) is 7.85. The van der Waals surface area contributed by atoms with Gasteiger partial charge in [-0.2, -0.15) is 0 Å². The van der Waals surface area contributed by atoms with Gasteiger partial charge in [0.1, 0.15) is 0 Å². The van der Waals surface area contributed by atoms with Crippen LogP contribution >= 0.6 is 0 Å². The van der Waals surface area contributed by atoms with Gasteiger partial charge in [0.25, 0.3) is 0 Å². The Balaban J connectivity index is 2.10. The Hall–Kier alpha value is -0.900. The van der Waals surface area contributed by atoms with Gasteiger partial charge < -0.3 is 10.6 Å². The fourth-order valence-corrected chi connectivity index (χ4v) is 3.17.